The zero-order valence-corrected chi connectivity index (χ0v) is 7.12. The van der Waals surface area contributed by atoms with Crippen LogP contribution in [0.1, 0.15) is 6.92 Å². The van der Waals surface area contributed by atoms with Gasteiger partial charge in [0.1, 0.15) is 0 Å². The van der Waals surface area contributed by atoms with Crippen molar-refractivity contribution in [3.8, 4) is 0 Å². The molecule has 0 aliphatic heterocycles. The van der Waals surface area contributed by atoms with Crippen LogP contribution in [0.4, 0.5) is 0 Å². The molecule has 0 fully saturated rings. The maximum absolute atomic E-state index is 10.8. The third-order valence-corrected chi connectivity index (χ3v) is 1.31. The van der Waals surface area contributed by atoms with E-state index < -0.39 is 11.9 Å². The second-order valence-electron chi connectivity index (χ2n) is 2.61. The molecule has 0 aromatic heterocycles. The second kappa shape index (κ2) is 5.74. The summed E-state index contributed by atoms with van der Waals surface area (Å²) >= 11 is 0. The van der Waals surface area contributed by atoms with Crippen LogP contribution in [0.3, 0.4) is 0 Å². The van der Waals surface area contributed by atoms with E-state index in [-0.39, 0.29) is 19.8 Å². The van der Waals surface area contributed by atoms with Gasteiger partial charge < -0.3 is 14.9 Å². The molecular formula is C8H14O4. The van der Waals surface area contributed by atoms with Crippen molar-refractivity contribution >= 4 is 5.97 Å². The molecule has 2 N–H and O–H groups in total. The van der Waals surface area contributed by atoms with Gasteiger partial charge in [-0.1, -0.05) is 6.58 Å². The van der Waals surface area contributed by atoms with E-state index in [4.69, 9.17) is 10.2 Å². The van der Waals surface area contributed by atoms with Crippen LogP contribution in [0, 0.1) is 5.92 Å². The van der Waals surface area contributed by atoms with Gasteiger partial charge in [-0.2, -0.15) is 0 Å². The Morgan fingerprint density at radius 1 is 1.50 bits per heavy atom. The van der Waals surface area contributed by atoms with Gasteiger partial charge >= 0.3 is 5.97 Å². The lowest BCUT2D eigenvalue weighted by atomic mass is 10.2. The Morgan fingerprint density at radius 2 is 2.00 bits per heavy atom. The van der Waals surface area contributed by atoms with Gasteiger partial charge in [-0.05, 0) is 6.92 Å². The van der Waals surface area contributed by atoms with E-state index in [1.807, 2.05) is 0 Å². The molecule has 4 nitrogen and oxygen atoms in total. The molecule has 0 aromatic carbocycles. The first kappa shape index (κ1) is 11.1. The lowest BCUT2D eigenvalue weighted by Gasteiger charge is -2.10. The smallest absolute Gasteiger partial charge is 0.333 e. The third kappa shape index (κ3) is 4.10. The lowest BCUT2D eigenvalue weighted by molar-refractivity contribution is -0.141. The summed E-state index contributed by atoms with van der Waals surface area (Å²) in [6.07, 6.45) is 0. The standard InChI is InChI=1S/C8H14O4/c1-6(2)8(11)12-5-7(3-9)4-10/h7,9-10H,1,3-5H2,2H3. The van der Waals surface area contributed by atoms with Crippen molar-refractivity contribution in [2.75, 3.05) is 19.8 Å². The van der Waals surface area contributed by atoms with Crippen molar-refractivity contribution in [2.24, 2.45) is 5.92 Å². The Morgan fingerprint density at radius 3 is 2.33 bits per heavy atom. The predicted octanol–water partition coefficient (Wildman–Crippen LogP) is -0.293. The number of ether oxygens (including phenoxy) is 1. The Labute approximate surface area is 71.5 Å². The van der Waals surface area contributed by atoms with Crippen LogP contribution >= 0.6 is 0 Å². The molecular weight excluding hydrogens is 160 g/mol. The minimum absolute atomic E-state index is 0.0265. The topological polar surface area (TPSA) is 66.8 Å². The van der Waals surface area contributed by atoms with E-state index in [1.54, 1.807) is 0 Å². The number of aliphatic hydroxyl groups excluding tert-OH is 2. The van der Waals surface area contributed by atoms with E-state index in [0.717, 1.165) is 0 Å². The molecule has 0 radical (unpaired) electrons. The highest BCUT2D eigenvalue weighted by Crippen LogP contribution is 1.98. The zero-order valence-electron chi connectivity index (χ0n) is 7.12. The summed E-state index contributed by atoms with van der Waals surface area (Å²) in [5.74, 6) is -0.893. The van der Waals surface area contributed by atoms with Gasteiger partial charge in [0.15, 0.2) is 0 Å². The van der Waals surface area contributed by atoms with Crippen LogP contribution in [-0.4, -0.2) is 36.0 Å². The SMILES string of the molecule is C=C(C)C(=O)OCC(CO)CO. The van der Waals surface area contributed by atoms with Gasteiger partial charge in [0.25, 0.3) is 0 Å². The number of hydrogen-bond donors (Lipinski definition) is 2. The largest absolute Gasteiger partial charge is 0.462 e. The molecule has 0 saturated carbocycles. The fourth-order valence-corrected chi connectivity index (χ4v) is 0.480. The molecule has 70 valence electrons. The van der Waals surface area contributed by atoms with E-state index >= 15 is 0 Å². The minimum atomic E-state index is -0.498. The average molecular weight is 174 g/mol. The number of carbonyl (C=O) groups is 1. The monoisotopic (exact) mass is 174 g/mol. The quantitative estimate of drug-likeness (QED) is 0.444. The number of rotatable bonds is 5. The molecule has 0 spiro atoms. The average Bonchev–Trinajstić information content (AvgIpc) is 2.05. The van der Waals surface area contributed by atoms with E-state index in [0.29, 0.717) is 5.57 Å². The maximum atomic E-state index is 10.8. The number of carbonyl (C=O) groups excluding carboxylic acids is 1. The van der Waals surface area contributed by atoms with Gasteiger partial charge in [-0.3, -0.25) is 0 Å². The number of esters is 1. The van der Waals surface area contributed by atoms with Crippen LogP contribution in [0.25, 0.3) is 0 Å². The molecule has 0 heterocycles. The third-order valence-electron chi connectivity index (χ3n) is 1.31. The Kier molecular flexibility index (Phi) is 5.32. The van der Waals surface area contributed by atoms with E-state index in [1.165, 1.54) is 6.92 Å². The van der Waals surface area contributed by atoms with Crippen molar-refractivity contribution in [1.82, 2.24) is 0 Å². The lowest BCUT2D eigenvalue weighted by Crippen LogP contribution is -2.20. The molecule has 0 aromatic rings. The van der Waals surface area contributed by atoms with Crippen molar-refractivity contribution in [3.63, 3.8) is 0 Å². The summed E-state index contributed by atoms with van der Waals surface area (Å²) in [6, 6.07) is 0. The molecule has 0 unspecified atom stereocenters. The minimum Gasteiger partial charge on any atom is -0.462 e. The highest BCUT2D eigenvalue weighted by molar-refractivity contribution is 5.86. The van der Waals surface area contributed by atoms with Crippen LogP contribution in [0.15, 0.2) is 12.2 Å². The Bertz CT molecular complexity index is 160. The second-order valence-corrected chi connectivity index (χ2v) is 2.61. The number of hydrogen-bond acceptors (Lipinski definition) is 4. The van der Waals surface area contributed by atoms with E-state index in [9.17, 15) is 4.79 Å². The molecule has 4 heteroatoms. The van der Waals surface area contributed by atoms with E-state index in [2.05, 4.69) is 11.3 Å². The molecule has 0 rings (SSSR count). The molecule has 0 bridgehead atoms. The first-order valence-corrected chi connectivity index (χ1v) is 3.66. The van der Waals surface area contributed by atoms with Gasteiger partial charge in [0.2, 0.25) is 0 Å². The first-order chi connectivity index (χ1) is 5.61. The molecule has 0 amide bonds. The zero-order chi connectivity index (χ0) is 9.56. The van der Waals surface area contributed by atoms with Crippen LogP contribution in [-0.2, 0) is 9.53 Å². The summed E-state index contributed by atoms with van der Waals surface area (Å²) < 4.78 is 4.69. The maximum Gasteiger partial charge on any atom is 0.333 e. The molecule has 0 aliphatic rings. The van der Waals surface area contributed by atoms with Gasteiger partial charge in [0, 0.05) is 11.5 Å². The number of aliphatic hydroxyl groups is 2. The van der Waals surface area contributed by atoms with Crippen molar-refractivity contribution in [1.29, 1.82) is 0 Å². The summed E-state index contributed by atoms with van der Waals surface area (Å²) in [4.78, 5) is 10.8. The highest BCUT2D eigenvalue weighted by atomic mass is 16.5. The van der Waals surface area contributed by atoms with Gasteiger partial charge in [-0.25, -0.2) is 4.79 Å². The van der Waals surface area contributed by atoms with Crippen molar-refractivity contribution < 1.29 is 19.7 Å². The summed E-state index contributed by atoms with van der Waals surface area (Å²) in [5.41, 5.74) is 0.310. The van der Waals surface area contributed by atoms with Crippen LogP contribution in [0.2, 0.25) is 0 Å². The molecule has 0 aliphatic carbocycles. The summed E-state index contributed by atoms with van der Waals surface area (Å²) in [7, 11) is 0. The molecule has 0 atom stereocenters. The van der Waals surface area contributed by atoms with Crippen molar-refractivity contribution in [3.05, 3.63) is 12.2 Å². The van der Waals surface area contributed by atoms with Gasteiger partial charge in [0.05, 0.1) is 19.8 Å². The fourth-order valence-electron chi connectivity index (χ4n) is 0.480. The Hall–Kier alpha value is -0.870. The highest BCUT2D eigenvalue weighted by Gasteiger charge is 2.09. The molecule has 12 heavy (non-hydrogen) atoms. The fraction of sp³-hybridized carbons (Fsp3) is 0.625. The van der Waals surface area contributed by atoms with Gasteiger partial charge in [-0.15, -0.1) is 0 Å². The predicted molar refractivity (Wildman–Crippen MR) is 43.4 cm³/mol. The normalized spacial score (nSPS) is 10.0. The summed E-state index contributed by atoms with van der Waals surface area (Å²) in [5, 5.41) is 17.2. The first-order valence-electron chi connectivity index (χ1n) is 3.66. The van der Waals surface area contributed by atoms with Crippen LogP contribution in [0.5, 0.6) is 0 Å². The molecule has 0 saturated heterocycles. The summed E-state index contributed by atoms with van der Waals surface area (Å²) in [6.45, 7) is 4.56. The van der Waals surface area contributed by atoms with Crippen LogP contribution < -0.4 is 0 Å². The van der Waals surface area contributed by atoms with Crippen molar-refractivity contribution in [2.45, 2.75) is 6.92 Å². The Balaban J connectivity index is 3.66.